The molecule has 21 heavy (non-hydrogen) atoms. The topological polar surface area (TPSA) is 90.3 Å². The molecule has 1 rings (SSSR count). The highest BCUT2D eigenvalue weighted by molar-refractivity contribution is 5.68. The maximum atomic E-state index is 11.9. The van der Waals surface area contributed by atoms with Crippen LogP contribution in [0.25, 0.3) is 0 Å². The standard InChI is InChI=1S/C14H26N2O5/c1-14(2,3)21-13(20)16-8-6-15(7-9-16)5-4-11(17)10-12(18)19/h11,17H,4-10H2,1-3H3,(H,18,19)/t11-/m0/s1. The zero-order valence-electron chi connectivity index (χ0n) is 13.0. The number of aliphatic carboxylic acids is 1. The van der Waals surface area contributed by atoms with Crippen LogP contribution in [0.2, 0.25) is 0 Å². The number of rotatable bonds is 5. The molecule has 1 aliphatic heterocycles. The molecule has 0 saturated carbocycles. The summed E-state index contributed by atoms with van der Waals surface area (Å²) in [5, 5.41) is 18.1. The van der Waals surface area contributed by atoms with Crippen molar-refractivity contribution in [3.05, 3.63) is 0 Å². The van der Waals surface area contributed by atoms with Crippen molar-refractivity contribution < 1.29 is 24.5 Å². The summed E-state index contributed by atoms with van der Waals surface area (Å²) in [5.74, 6) is -0.989. The number of nitrogens with zero attached hydrogens (tertiary/aromatic N) is 2. The fourth-order valence-electron chi connectivity index (χ4n) is 2.12. The Labute approximate surface area is 125 Å². The van der Waals surface area contributed by atoms with Crippen LogP contribution in [0.3, 0.4) is 0 Å². The third-order valence-corrected chi connectivity index (χ3v) is 3.21. The third kappa shape index (κ3) is 7.29. The van der Waals surface area contributed by atoms with Crippen molar-refractivity contribution in [3.8, 4) is 0 Å². The number of hydrogen-bond acceptors (Lipinski definition) is 5. The second kappa shape index (κ2) is 7.61. The van der Waals surface area contributed by atoms with Gasteiger partial charge < -0.3 is 19.8 Å². The molecule has 0 spiro atoms. The van der Waals surface area contributed by atoms with Gasteiger partial charge in [-0.25, -0.2) is 4.79 Å². The van der Waals surface area contributed by atoms with Crippen molar-refractivity contribution in [2.24, 2.45) is 0 Å². The number of aliphatic hydroxyl groups excluding tert-OH is 1. The van der Waals surface area contributed by atoms with Crippen LogP contribution in [0, 0.1) is 0 Å². The molecule has 122 valence electrons. The first-order valence-corrected chi connectivity index (χ1v) is 7.27. The number of aliphatic hydroxyl groups is 1. The van der Waals surface area contributed by atoms with Crippen molar-refractivity contribution in [1.82, 2.24) is 9.80 Å². The van der Waals surface area contributed by atoms with Gasteiger partial charge in [-0.05, 0) is 27.2 Å². The maximum absolute atomic E-state index is 11.9. The Kier molecular flexibility index (Phi) is 6.42. The summed E-state index contributed by atoms with van der Waals surface area (Å²) in [4.78, 5) is 26.1. The summed E-state index contributed by atoms with van der Waals surface area (Å²) in [6.45, 7) is 8.74. The highest BCUT2D eigenvalue weighted by atomic mass is 16.6. The van der Waals surface area contributed by atoms with Gasteiger partial charge in [-0.15, -0.1) is 0 Å². The van der Waals surface area contributed by atoms with E-state index in [1.54, 1.807) is 4.90 Å². The third-order valence-electron chi connectivity index (χ3n) is 3.21. The predicted octanol–water partition coefficient (Wildman–Crippen LogP) is 0.765. The van der Waals surface area contributed by atoms with Crippen LogP contribution in [-0.4, -0.2) is 76.5 Å². The van der Waals surface area contributed by atoms with E-state index in [1.165, 1.54) is 0 Å². The summed E-state index contributed by atoms with van der Waals surface area (Å²) in [6, 6.07) is 0. The molecule has 1 saturated heterocycles. The smallest absolute Gasteiger partial charge is 0.410 e. The molecule has 1 aliphatic rings. The van der Waals surface area contributed by atoms with Gasteiger partial charge in [0, 0.05) is 32.7 Å². The lowest BCUT2D eigenvalue weighted by atomic mass is 10.1. The zero-order valence-corrected chi connectivity index (χ0v) is 13.0. The molecule has 0 aromatic heterocycles. The average molecular weight is 302 g/mol. The predicted molar refractivity (Wildman–Crippen MR) is 77.1 cm³/mol. The van der Waals surface area contributed by atoms with Crippen LogP contribution in [0.15, 0.2) is 0 Å². The maximum Gasteiger partial charge on any atom is 0.410 e. The lowest BCUT2D eigenvalue weighted by Gasteiger charge is -2.35. The summed E-state index contributed by atoms with van der Waals surface area (Å²) in [6.07, 6.45) is -0.907. The molecule has 0 aliphatic carbocycles. The first-order valence-electron chi connectivity index (χ1n) is 7.27. The number of ether oxygens (including phenoxy) is 1. The van der Waals surface area contributed by atoms with Gasteiger partial charge >= 0.3 is 12.1 Å². The van der Waals surface area contributed by atoms with Gasteiger partial charge in [-0.3, -0.25) is 9.69 Å². The minimum absolute atomic E-state index is 0.224. The van der Waals surface area contributed by atoms with Crippen molar-refractivity contribution in [1.29, 1.82) is 0 Å². The molecule has 1 heterocycles. The Balaban J connectivity index is 2.26. The lowest BCUT2D eigenvalue weighted by molar-refractivity contribution is -0.139. The van der Waals surface area contributed by atoms with E-state index in [9.17, 15) is 14.7 Å². The van der Waals surface area contributed by atoms with E-state index in [4.69, 9.17) is 9.84 Å². The Morgan fingerprint density at radius 1 is 1.19 bits per heavy atom. The van der Waals surface area contributed by atoms with E-state index in [0.717, 1.165) is 0 Å². The van der Waals surface area contributed by atoms with Gasteiger partial charge in [0.05, 0.1) is 12.5 Å². The SMILES string of the molecule is CC(C)(C)OC(=O)N1CCN(CC[C@H](O)CC(=O)O)CC1. The second-order valence-electron chi connectivity index (χ2n) is 6.35. The Hall–Kier alpha value is -1.34. The highest BCUT2D eigenvalue weighted by Crippen LogP contribution is 2.12. The van der Waals surface area contributed by atoms with Crippen molar-refractivity contribution in [3.63, 3.8) is 0 Å². The molecule has 0 unspecified atom stereocenters. The van der Waals surface area contributed by atoms with Crippen LogP contribution in [0.4, 0.5) is 4.79 Å². The van der Waals surface area contributed by atoms with Gasteiger partial charge in [-0.1, -0.05) is 0 Å². The number of carbonyl (C=O) groups is 2. The summed E-state index contributed by atoms with van der Waals surface area (Å²) >= 11 is 0. The average Bonchev–Trinajstić information content (AvgIpc) is 2.34. The minimum atomic E-state index is -0.989. The lowest BCUT2D eigenvalue weighted by Crippen LogP contribution is -2.50. The molecule has 0 aromatic rings. The van der Waals surface area contributed by atoms with E-state index in [1.807, 2.05) is 20.8 Å². The fourth-order valence-corrected chi connectivity index (χ4v) is 2.12. The van der Waals surface area contributed by atoms with Gasteiger partial charge in [0.1, 0.15) is 5.60 Å². The Bertz CT molecular complexity index is 359. The number of amides is 1. The molecule has 7 heteroatoms. The second-order valence-corrected chi connectivity index (χ2v) is 6.35. The van der Waals surface area contributed by atoms with Crippen LogP contribution in [0.1, 0.15) is 33.6 Å². The van der Waals surface area contributed by atoms with Crippen LogP contribution < -0.4 is 0 Å². The fraction of sp³-hybridized carbons (Fsp3) is 0.857. The summed E-state index contributed by atoms with van der Waals surface area (Å²) in [7, 11) is 0. The number of carbonyl (C=O) groups excluding carboxylic acids is 1. The molecule has 1 amide bonds. The van der Waals surface area contributed by atoms with Crippen LogP contribution in [0.5, 0.6) is 0 Å². The van der Waals surface area contributed by atoms with Crippen LogP contribution >= 0.6 is 0 Å². The summed E-state index contributed by atoms with van der Waals surface area (Å²) < 4.78 is 5.32. The molecular weight excluding hydrogens is 276 g/mol. The molecule has 0 radical (unpaired) electrons. The highest BCUT2D eigenvalue weighted by Gasteiger charge is 2.25. The van der Waals surface area contributed by atoms with Crippen molar-refractivity contribution in [2.75, 3.05) is 32.7 Å². The van der Waals surface area contributed by atoms with E-state index in [2.05, 4.69) is 4.90 Å². The molecule has 0 bridgehead atoms. The first kappa shape index (κ1) is 17.7. The molecule has 1 fully saturated rings. The molecule has 2 N–H and O–H groups in total. The van der Waals surface area contributed by atoms with Crippen LogP contribution in [-0.2, 0) is 9.53 Å². The number of carboxylic acid groups (broad SMARTS) is 1. The van der Waals surface area contributed by atoms with Crippen molar-refractivity contribution >= 4 is 12.1 Å². The Morgan fingerprint density at radius 3 is 2.24 bits per heavy atom. The zero-order chi connectivity index (χ0) is 16.0. The molecule has 7 nitrogen and oxygen atoms in total. The summed E-state index contributed by atoms with van der Waals surface area (Å²) in [5.41, 5.74) is -0.491. The monoisotopic (exact) mass is 302 g/mol. The minimum Gasteiger partial charge on any atom is -0.481 e. The van der Waals surface area contributed by atoms with Crippen molar-refractivity contribution in [2.45, 2.75) is 45.3 Å². The van der Waals surface area contributed by atoms with E-state index in [-0.39, 0.29) is 12.5 Å². The normalized spacial score (nSPS) is 18.4. The van der Waals surface area contributed by atoms with Gasteiger partial charge in [-0.2, -0.15) is 0 Å². The van der Waals surface area contributed by atoms with E-state index < -0.39 is 17.7 Å². The number of carboxylic acids is 1. The largest absolute Gasteiger partial charge is 0.481 e. The van der Waals surface area contributed by atoms with E-state index in [0.29, 0.717) is 39.1 Å². The molecule has 1 atom stereocenters. The Morgan fingerprint density at radius 2 is 1.76 bits per heavy atom. The van der Waals surface area contributed by atoms with Gasteiger partial charge in [0.15, 0.2) is 0 Å². The molecule has 0 aromatic carbocycles. The number of piperazine rings is 1. The molecular formula is C14H26N2O5. The van der Waals surface area contributed by atoms with Gasteiger partial charge in [0.25, 0.3) is 0 Å². The van der Waals surface area contributed by atoms with Gasteiger partial charge in [0.2, 0.25) is 0 Å². The number of hydrogen-bond donors (Lipinski definition) is 2. The first-order chi connectivity index (χ1) is 9.67. The quantitative estimate of drug-likeness (QED) is 0.779. The van der Waals surface area contributed by atoms with E-state index >= 15 is 0 Å².